The van der Waals surface area contributed by atoms with Crippen molar-refractivity contribution in [1.82, 2.24) is 10.2 Å². The van der Waals surface area contributed by atoms with Gasteiger partial charge in [0.1, 0.15) is 0 Å². The van der Waals surface area contributed by atoms with Crippen molar-refractivity contribution in [3.8, 4) is 0 Å². The second-order valence-electron chi connectivity index (χ2n) is 7.19. The minimum absolute atomic E-state index is 0.0248. The molecule has 2 heterocycles. The van der Waals surface area contributed by atoms with E-state index in [9.17, 15) is 14.7 Å². The van der Waals surface area contributed by atoms with E-state index in [0.29, 0.717) is 24.8 Å². The molecule has 5 nitrogen and oxygen atoms in total. The van der Waals surface area contributed by atoms with Crippen LogP contribution in [0.4, 0.5) is 0 Å². The summed E-state index contributed by atoms with van der Waals surface area (Å²) in [5.41, 5.74) is 0. The summed E-state index contributed by atoms with van der Waals surface area (Å²) < 4.78 is 0. The first-order valence-electron chi connectivity index (χ1n) is 8.32. The second-order valence-corrected chi connectivity index (χ2v) is 7.19. The van der Waals surface area contributed by atoms with Gasteiger partial charge in [0.2, 0.25) is 5.91 Å². The molecule has 1 aliphatic carbocycles. The van der Waals surface area contributed by atoms with E-state index in [-0.39, 0.29) is 17.9 Å². The van der Waals surface area contributed by atoms with Gasteiger partial charge in [0, 0.05) is 18.6 Å². The molecule has 3 rings (SSSR count). The zero-order valence-corrected chi connectivity index (χ0v) is 12.8. The molecule has 0 radical (unpaired) electrons. The highest BCUT2D eigenvalue weighted by atomic mass is 16.4. The first-order chi connectivity index (χ1) is 10.0. The average molecular weight is 294 g/mol. The predicted octanol–water partition coefficient (Wildman–Crippen LogP) is 1.48. The molecular formula is C16H26N2O3. The molecule has 2 aliphatic heterocycles. The summed E-state index contributed by atoms with van der Waals surface area (Å²) in [4.78, 5) is 26.3. The summed E-state index contributed by atoms with van der Waals surface area (Å²) in [6, 6.07) is 0.865. The van der Waals surface area contributed by atoms with Crippen LogP contribution < -0.4 is 5.32 Å². The summed E-state index contributed by atoms with van der Waals surface area (Å²) in [7, 11) is 0. The molecule has 3 unspecified atom stereocenters. The van der Waals surface area contributed by atoms with Crippen molar-refractivity contribution >= 4 is 11.9 Å². The van der Waals surface area contributed by atoms with Gasteiger partial charge in [-0.3, -0.25) is 9.59 Å². The van der Waals surface area contributed by atoms with Crippen LogP contribution in [0.5, 0.6) is 0 Å². The zero-order chi connectivity index (χ0) is 15.0. The largest absolute Gasteiger partial charge is 0.481 e. The first-order valence-corrected chi connectivity index (χ1v) is 8.32. The number of hydrogen-bond acceptors (Lipinski definition) is 3. The highest BCUT2D eigenvalue weighted by molar-refractivity contribution is 5.85. The SMILES string of the molecule is CC1C[C@H](C(=O)NC2CCN3CCCC3C2)[C@H](C(=O)O)C1. The maximum Gasteiger partial charge on any atom is 0.307 e. The number of carboxylic acids is 1. The minimum atomic E-state index is -0.815. The molecule has 0 aromatic heterocycles. The molecular weight excluding hydrogens is 268 g/mol. The molecule has 2 saturated heterocycles. The molecule has 3 fully saturated rings. The number of fused-ring (bicyclic) bond motifs is 1. The van der Waals surface area contributed by atoms with Crippen LogP contribution in [0.2, 0.25) is 0 Å². The number of hydrogen-bond donors (Lipinski definition) is 2. The van der Waals surface area contributed by atoms with Crippen LogP contribution in [0.15, 0.2) is 0 Å². The molecule has 2 N–H and O–H groups in total. The Morgan fingerprint density at radius 3 is 2.62 bits per heavy atom. The maximum atomic E-state index is 12.5. The van der Waals surface area contributed by atoms with Gasteiger partial charge >= 0.3 is 5.97 Å². The standard InChI is InChI=1S/C16H26N2O3/c1-10-7-13(14(8-10)16(20)21)15(19)17-11-4-6-18-5-2-3-12(18)9-11/h10-14H,2-9H2,1H3,(H,17,19)(H,20,21)/t10?,11?,12?,13-,14+/m0/s1. The number of carbonyl (C=O) groups excluding carboxylic acids is 1. The molecule has 1 saturated carbocycles. The molecule has 0 aromatic rings. The van der Waals surface area contributed by atoms with Gasteiger partial charge in [0.25, 0.3) is 0 Å². The number of carboxylic acid groups (broad SMARTS) is 1. The molecule has 3 aliphatic rings. The lowest BCUT2D eigenvalue weighted by Gasteiger charge is -2.35. The van der Waals surface area contributed by atoms with Crippen molar-refractivity contribution in [2.45, 2.75) is 57.5 Å². The van der Waals surface area contributed by atoms with Crippen LogP contribution in [0.25, 0.3) is 0 Å². The Morgan fingerprint density at radius 1 is 1.10 bits per heavy atom. The van der Waals surface area contributed by atoms with Gasteiger partial charge in [-0.2, -0.15) is 0 Å². The minimum Gasteiger partial charge on any atom is -0.481 e. The van der Waals surface area contributed by atoms with Crippen LogP contribution in [0, 0.1) is 17.8 Å². The summed E-state index contributed by atoms with van der Waals surface area (Å²) in [5.74, 6) is -1.34. The van der Waals surface area contributed by atoms with E-state index < -0.39 is 11.9 Å². The van der Waals surface area contributed by atoms with Crippen LogP contribution in [-0.4, -0.2) is 47.1 Å². The number of nitrogens with one attached hydrogen (secondary N) is 1. The van der Waals surface area contributed by atoms with Crippen molar-refractivity contribution < 1.29 is 14.7 Å². The van der Waals surface area contributed by atoms with Gasteiger partial charge in [0.15, 0.2) is 0 Å². The second kappa shape index (κ2) is 5.95. The van der Waals surface area contributed by atoms with Gasteiger partial charge in [-0.25, -0.2) is 0 Å². The first kappa shape index (κ1) is 14.8. The number of rotatable bonds is 3. The van der Waals surface area contributed by atoms with E-state index in [2.05, 4.69) is 10.2 Å². The van der Waals surface area contributed by atoms with Crippen LogP contribution in [-0.2, 0) is 9.59 Å². The average Bonchev–Trinajstić information content (AvgIpc) is 3.04. The molecule has 5 heteroatoms. The monoisotopic (exact) mass is 294 g/mol. The molecule has 1 amide bonds. The van der Waals surface area contributed by atoms with Gasteiger partial charge in [-0.05, 0) is 51.0 Å². The Hall–Kier alpha value is -1.10. The lowest BCUT2D eigenvalue weighted by molar-refractivity contribution is -0.146. The Morgan fingerprint density at radius 2 is 1.86 bits per heavy atom. The van der Waals surface area contributed by atoms with Crippen molar-refractivity contribution in [2.75, 3.05) is 13.1 Å². The zero-order valence-electron chi connectivity index (χ0n) is 12.8. The van der Waals surface area contributed by atoms with Crippen molar-refractivity contribution in [3.63, 3.8) is 0 Å². The third-order valence-corrected chi connectivity index (χ3v) is 5.62. The smallest absolute Gasteiger partial charge is 0.307 e. The van der Waals surface area contributed by atoms with Crippen molar-refractivity contribution in [1.29, 1.82) is 0 Å². The van der Waals surface area contributed by atoms with Crippen molar-refractivity contribution in [3.05, 3.63) is 0 Å². The van der Waals surface area contributed by atoms with Crippen LogP contribution in [0.3, 0.4) is 0 Å². The quantitative estimate of drug-likeness (QED) is 0.827. The van der Waals surface area contributed by atoms with E-state index in [1.165, 1.54) is 19.4 Å². The summed E-state index contributed by atoms with van der Waals surface area (Å²) in [5, 5.41) is 12.4. The lowest BCUT2D eigenvalue weighted by atomic mass is 9.93. The highest BCUT2D eigenvalue weighted by Crippen LogP contribution is 2.37. The van der Waals surface area contributed by atoms with Gasteiger partial charge in [0.05, 0.1) is 11.8 Å². The van der Waals surface area contributed by atoms with E-state index >= 15 is 0 Å². The molecule has 5 atom stereocenters. The maximum absolute atomic E-state index is 12.5. The molecule has 21 heavy (non-hydrogen) atoms. The number of carbonyl (C=O) groups is 2. The third-order valence-electron chi connectivity index (χ3n) is 5.62. The summed E-state index contributed by atoms with van der Waals surface area (Å²) >= 11 is 0. The fourth-order valence-electron chi connectivity index (χ4n) is 4.52. The van der Waals surface area contributed by atoms with Gasteiger partial charge in [-0.15, -0.1) is 0 Å². The van der Waals surface area contributed by atoms with Crippen LogP contribution in [0.1, 0.15) is 45.4 Å². The summed E-state index contributed by atoms with van der Waals surface area (Å²) in [6.07, 6.45) is 5.89. The van der Waals surface area contributed by atoms with E-state index in [1.807, 2.05) is 6.92 Å². The molecule has 0 spiro atoms. The summed E-state index contributed by atoms with van der Waals surface area (Å²) in [6.45, 7) is 4.31. The van der Waals surface area contributed by atoms with Crippen molar-refractivity contribution in [2.24, 2.45) is 17.8 Å². The van der Waals surface area contributed by atoms with Crippen LogP contribution >= 0.6 is 0 Å². The van der Waals surface area contributed by atoms with Gasteiger partial charge in [-0.1, -0.05) is 6.92 Å². The van der Waals surface area contributed by atoms with E-state index in [0.717, 1.165) is 19.4 Å². The Kier molecular flexibility index (Phi) is 4.20. The number of piperidine rings is 1. The third kappa shape index (κ3) is 3.07. The Balaban J connectivity index is 1.57. The number of aliphatic carboxylic acids is 1. The Labute approximate surface area is 126 Å². The van der Waals surface area contributed by atoms with E-state index in [1.54, 1.807) is 0 Å². The predicted molar refractivity (Wildman–Crippen MR) is 78.8 cm³/mol. The molecule has 118 valence electrons. The molecule has 0 bridgehead atoms. The highest BCUT2D eigenvalue weighted by Gasteiger charge is 2.42. The fourth-order valence-corrected chi connectivity index (χ4v) is 4.52. The lowest BCUT2D eigenvalue weighted by Crippen LogP contribution is -2.49. The number of amides is 1. The number of nitrogens with zero attached hydrogens (tertiary/aromatic N) is 1. The normalized spacial score (nSPS) is 40.0. The topological polar surface area (TPSA) is 69.6 Å². The Bertz CT molecular complexity index is 426. The molecule has 0 aromatic carbocycles. The van der Waals surface area contributed by atoms with Gasteiger partial charge < -0.3 is 15.3 Å². The fraction of sp³-hybridized carbons (Fsp3) is 0.875. The van der Waals surface area contributed by atoms with E-state index in [4.69, 9.17) is 0 Å².